The zero-order valence-corrected chi connectivity index (χ0v) is 12.4. The van der Waals surface area contributed by atoms with Crippen molar-refractivity contribution in [1.29, 1.82) is 0 Å². The third-order valence-electron chi connectivity index (χ3n) is 4.22. The average molecular weight is 291 g/mol. The molecule has 1 unspecified atom stereocenters. The van der Waals surface area contributed by atoms with Gasteiger partial charge in [-0.25, -0.2) is 4.79 Å². The van der Waals surface area contributed by atoms with Gasteiger partial charge in [0.25, 0.3) is 0 Å². The zero-order chi connectivity index (χ0) is 15.5. The first-order valence-corrected chi connectivity index (χ1v) is 7.10. The molecule has 5 heteroatoms. The lowest BCUT2D eigenvalue weighted by Crippen LogP contribution is -2.51. The molecule has 2 N–H and O–H groups in total. The first-order chi connectivity index (χ1) is 9.99. The van der Waals surface area contributed by atoms with Gasteiger partial charge in [-0.15, -0.1) is 0 Å². The third kappa shape index (κ3) is 3.08. The minimum absolute atomic E-state index is 0.0156. The number of amides is 1. The van der Waals surface area contributed by atoms with E-state index >= 15 is 0 Å². The highest BCUT2D eigenvalue weighted by Gasteiger charge is 2.45. The number of aliphatic carboxylic acids is 1. The molecule has 1 fully saturated rings. The smallest absolute Gasteiger partial charge is 0.334 e. The number of carbonyl (C=O) groups excluding carboxylic acids is 1. The van der Waals surface area contributed by atoms with Gasteiger partial charge in [-0.3, -0.25) is 4.79 Å². The summed E-state index contributed by atoms with van der Waals surface area (Å²) in [7, 11) is 1.32. The van der Waals surface area contributed by atoms with Crippen LogP contribution in [0.2, 0.25) is 0 Å². The normalized spacial score (nSPS) is 17.6. The number of hydrogen-bond acceptors (Lipinski definition) is 3. The van der Waals surface area contributed by atoms with Crippen LogP contribution in [0.25, 0.3) is 0 Å². The lowest BCUT2D eigenvalue weighted by molar-refractivity contribution is -0.148. The van der Waals surface area contributed by atoms with Crippen molar-refractivity contribution in [2.45, 2.75) is 37.7 Å². The Morgan fingerprint density at radius 1 is 1.43 bits per heavy atom. The molecular formula is C16H21NO4. The van der Waals surface area contributed by atoms with Crippen LogP contribution in [0.5, 0.6) is 0 Å². The Morgan fingerprint density at radius 2 is 2.14 bits per heavy atom. The standard InChI is InChI=1S/C16H21NO4/c1-11-5-3-6-12(9-11)16(7-4-8-16)15(20)17-10-13(21-2)14(18)19/h3,5-6,9,13H,4,7-8,10H2,1-2H3,(H,17,20)(H,18,19). The van der Waals surface area contributed by atoms with Crippen LogP contribution in [0, 0.1) is 6.92 Å². The predicted octanol–water partition coefficient (Wildman–Crippen LogP) is 1.63. The summed E-state index contributed by atoms with van der Waals surface area (Å²) in [6.07, 6.45) is 1.59. The first-order valence-electron chi connectivity index (χ1n) is 7.10. The van der Waals surface area contributed by atoms with E-state index in [9.17, 15) is 9.59 Å². The van der Waals surface area contributed by atoms with Crippen molar-refractivity contribution < 1.29 is 19.4 Å². The van der Waals surface area contributed by atoms with Crippen molar-refractivity contribution in [1.82, 2.24) is 5.32 Å². The Labute approximate surface area is 124 Å². The van der Waals surface area contributed by atoms with Crippen LogP contribution >= 0.6 is 0 Å². The van der Waals surface area contributed by atoms with E-state index in [1.807, 2.05) is 31.2 Å². The molecule has 1 aromatic rings. The molecule has 1 aliphatic carbocycles. The molecule has 21 heavy (non-hydrogen) atoms. The number of hydrogen-bond donors (Lipinski definition) is 2. The minimum atomic E-state index is -1.07. The van der Waals surface area contributed by atoms with Crippen LogP contribution in [0.15, 0.2) is 24.3 Å². The van der Waals surface area contributed by atoms with Crippen LogP contribution in [-0.2, 0) is 19.7 Å². The van der Waals surface area contributed by atoms with Crippen molar-refractivity contribution in [3.63, 3.8) is 0 Å². The molecule has 0 saturated heterocycles. The quantitative estimate of drug-likeness (QED) is 0.835. The molecule has 1 atom stereocenters. The fraction of sp³-hybridized carbons (Fsp3) is 0.500. The Balaban J connectivity index is 2.10. The van der Waals surface area contributed by atoms with Gasteiger partial charge in [0.05, 0.1) is 12.0 Å². The van der Waals surface area contributed by atoms with Gasteiger partial charge < -0.3 is 15.2 Å². The highest BCUT2D eigenvalue weighted by Crippen LogP contribution is 2.44. The van der Waals surface area contributed by atoms with Crippen LogP contribution in [0.1, 0.15) is 30.4 Å². The molecule has 5 nitrogen and oxygen atoms in total. The Kier molecular flexibility index (Phi) is 4.63. The molecule has 0 bridgehead atoms. The van der Waals surface area contributed by atoms with Gasteiger partial charge in [-0.2, -0.15) is 0 Å². The minimum Gasteiger partial charge on any atom is -0.479 e. The van der Waals surface area contributed by atoms with E-state index in [0.717, 1.165) is 30.4 Å². The highest BCUT2D eigenvalue weighted by atomic mass is 16.5. The molecule has 2 rings (SSSR count). The Bertz CT molecular complexity index is 537. The van der Waals surface area contributed by atoms with Gasteiger partial charge in [-0.1, -0.05) is 36.2 Å². The van der Waals surface area contributed by atoms with Crippen LogP contribution in [0.3, 0.4) is 0 Å². The van der Waals surface area contributed by atoms with E-state index in [-0.39, 0.29) is 12.5 Å². The molecule has 1 aliphatic rings. The monoisotopic (exact) mass is 291 g/mol. The fourth-order valence-corrected chi connectivity index (χ4v) is 2.75. The Hall–Kier alpha value is -1.88. The highest BCUT2D eigenvalue weighted by molar-refractivity contribution is 5.89. The van der Waals surface area contributed by atoms with Crippen molar-refractivity contribution in [3.8, 4) is 0 Å². The van der Waals surface area contributed by atoms with Crippen LogP contribution < -0.4 is 5.32 Å². The van der Waals surface area contributed by atoms with E-state index in [0.29, 0.717) is 0 Å². The summed E-state index contributed by atoms with van der Waals surface area (Å²) in [5, 5.41) is 11.7. The van der Waals surface area contributed by atoms with E-state index in [2.05, 4.69) is 5.32 Å². The number of methoxy groups -OCH3 is 1. The van der Waals surface area contributed by atoms with Gasteiger partial charge in [0.1, 0.15) is 0 Å². The van der Waals surface area contributed by atoms with Gasteiger partial charge in [-0.05, 0) is 25.3 Å². The first kappa shape index (κ1) is 15.5. The summed E-state index contributed by atoms with van der Waals surface area (Å²) < 4.78 is 4.84. The molecule has 0 spiro atoms. The summed E-state index contributed by atoms with van der Waals surface area (Å²) in [5.74, 6) is -1.18. The van der Waals surface area contributed by atoms with Gasteiger partial charge >= 0.3 is 5.97 Å². The lowest BCUT2D eigenvalue weighted by Gasteiger charge is -2.41. The number of carboxylic acid groups (broad SMARTS) is 1. The summed E-state index contributed by atoms with van der Waals surface area (Å²) in [6.45, 7) is 1.98. The van der Waals surface area contributed by atoms with Crippen LogP contribution in [-0.4, -0.2) is 36.7 Å². The lowest BCUT2D eigenvalue weighted by atomic mass is 9.63. The zero-order valence-electron chi connectivity index (χ0n) is 12.4. The van der Waals surface area contributed by atoms with E-state index in [1.54, 1.807) is 0 Å². The second-order valence-electron chi connectivity index (χ2n) is 5.58. The number of carbonyl (C=O) groups is 2. The molecular weight excluding hydrogens is 270 g/mol. The van der Waals surface area contributed by atoms with E-state index in [1.165, 1.54) is 7.11 Å². The second-order valence-corrected chi connectivity index (χ2v) is 5.58. The number of aryl methyl sites for hydroxylation is 1. The molecule has 0 heterocycles. The van der Waals surface area contributed by atoms with Crippen molar-refractivity contribution in [2.24, 2.45) is 0 Å². The summed E-state index contributed by atoms with van der Waals surface area (Å²) >= 11 is 0. The maximum atomic E-state index is 12.5. The molecule has 0 radical (unpaired) electrons. The summed E-state index contributed by atoms with van der Waals surface area (Å²) in [6, 6.07) is 7.95. The second kappa shape index (κ2) is 6.26. The molecule has 0 aromatic heterocycles. The SMILES string of the molecule is COC(CNC(=O)C1(c2cccc(C)c2)CCC1)C(=O)O. The van der Waals surface area contributed by atoms with Crippen molar-refractivity contribution in [2.75, 3.05) is 13.7 Å². The summed E-state index contributed by atoms with van der Waals surface area (Å²) in [5.41, 5.74) is 1.62. The molecule has 0 aliphatic heterocycles. The fourth-order valence-electron chi connectivity index (χ4n) is 2.75. The Morgan fingerprint density at radius 3 is 2.62 bits per heavy atom. The van der Waals surface area contributed by atoms with E-state index in [4.69, 9.17) is 9.84 Å². The van der Waals surface area contributed by atoms with E-state index < -0.39 is 17.5 Å². The number of benzene rings is 1. The summed E-state index contributed by atoms with van der Waals surface area (Å²) in [4.78, 5) is 23.5. The maximum absolute atomic E-state index is 12.5. The maximum Gasteiger partial charge on any atom is 0.334 e. The van der Waals surface area contributed by atoms with Crippen molar-refractivity contribution in [3.05, 3.63) is 35.4 Å². The van der Waals surface area contributed by atoms with Gasteiger partial charge in [0, 0.05) is 7.11 Å². The average Bonchev–Trinajstić information content (AvgIpc) is 2.37. The largest absolute Gasteiger partial charge is 0.479 e. The predicted molar refractivity (Wildman–Crippen MR) is 78.2 cm³/mol. The molecule has 114 valence electrons. The number of carboxylic acids is 1. The topological polar surface area (TPSA) is 75.6 Å². The molecule has 1 saturated carbocycles. The number of ether oxygens (including phenoxy) is 1. The van der Waals surface area contributed by atoms with Gasteiger partial charge in [0.15, 0.2) is 6.10 Å². The molecule has 1 aromatic carbocycles. The number of rotatable bonds is 6. The number of nitrogens with one attached hydrogen (secondary N) is 1. The van der Waals surface area contributed by atoms with Crippen molar-refractivity contribution >= 4 is 11.9 Å². The molecule has 1 amide bonds. The van der Waals surface area contributed by atoms with Gasteiger partial charge in [0.2, 0.25) is 5.91 Å². The van der Waals surface area contributed by atoms with Crippen LogP contribution in [0.4, 0.5) is 0 Å². The third-order valence-corrected chi connectivity index (χ3v) is 4.22.